The van der Waals surface area contributed by atoms with Crippen LogP contribution in [0.2, 0.25) is 5.02 Å². The number of methoxy groups -OCH3 is 1. The maximum Gasteiger partial charge on any atom is 0.433 e. The van der Waals surface area contributed by atoms with E-state index < -0.39 is 17.9 Å². The molecule has 0 aliphatic carbocycles. The van der Waals surface area contributed by atoms with Gasteiger partial charge in [0.2, 0.25) is 0 Å². The first-order chi connectivity index (χ1) is 15.1. The second kappa shape index (κ2) is 7.84. The molecule has 2 aromatic heterocycles. The van der Waals surface area contributed by atoms with E-state index in [-0.39, 0.29) is 16.5 Å². The predicted molar refractivity (Wildman–Crippen MR) is 112 cm³/mol. The lowest BCUT2D eigenvalue weighted by Gasteiger charge is -2.33. The molecule has 3 aromatic rings. The summed E-state index contributed by atoms with van der Waals surface area (Å²) in [5.41, 5.74) is 1.02. The van der Waals surface area contributed by atoms with Crippen LogP contribution < -0.4 is 4.74 Å². The van der Waals surface area contributed by atoms with Crippen LogP contribution in [-0.2, 0) is 26.7 Å². The van der Waals surface area contributed by atoms with E-state index in [4.69, 9.17) is 16.3 Å². The van der Waals surface area contributed by atoms with Crippen molar-refractivity contribution < 1.29 is 22.7 Å². The van der Waals surface area contributed by atoms with Crippen molar-refractivity contribution in [3.63, 3.8) is 0 Å². The number of fused-ring (bicyclic) bond motifs is 1. The van der Waals surface area contributed by atoms with Gasteiger partial charge in [0.05, 0.1) is 46.9 Å². The average molecular weight is 468 g/mol. The summed E-state index contributed by atoms with van der Waals surface area (Å²) in [6.45, 7) is 2.11. The van der Waals surface area contributed by atoms with Crippen molar-refractivity contribution in [2.75, 3.05) is 13.7 Å². The standard InChI is InChI=1S/C21H21ClF3N5O2/c1-11-17-13(8-9-30(11)20(31)12-6-5-7-15(32-4)16(12)22)18(28(2)27-17)14-10-26-29(3)19(14)21(23,24)25/h5-7,10-11H,8-9H2,1-4H3/t11-/m0/s1. The Labute approximate surface area is 187 Å². The molecule has 0 spiro atoms. The third kappa shape index (κ3) is 3.42. The number of aromatic nitrogens is 4. The lowest BCUT2D eigenvalue weighted by Crippen LogP contribution is -2.39. The Bertz CT molecular complexity index is 1200. The number of benzene rings is 1. The molecule has 0 radical (unpaired) electrons. The highest BCUT2D eigenvalue weighted by molar-refractivity contribution is 6.35. The summed E-state index contributed by atoms with van der Waals surface area (Å²) in [4.78, 5) is 14.9. The highest BCUT2D eigenvalue weighted by Gasteiger charge is 2.41. The molecule has 0 fully saturated rings. The molecule has 1 amide bonds. The lowest BCUT2D eigenvalue weighted by molar-refractivity contribution is -0.143. The maximum absolute atomic E-state index is 13.7. The quantitative estimate of drug-likeness (QED) is 0.577. The average Bonchev–Trinajstić information content (AvgIpc) is 3.27. The highest BCUT2D eigenvalue weighted by Crippen LogP contribution is 2.42. The zero-order chi connectivity index (χ0) is 23.4. The SMILES string of the molecule is COc1cccc(C(=O)N2CCc3c(nn(C)c3-c3cnn(C)c3C(F)(F)F)[C@@H]2C)c1Cl. The van der Waals surface area contributed by atoms with Crippen LogP contribution in [0.25, 0.3) is 11.3 Å². The fourth-order valence-electron chi connectivity index (χ4n) is 4.29. The van der Waals surface area contributed by atoms with Gasteiger partial charge in [-0.05, 0) is 25.5 Å². The topological polar surface area (TPSA) is 65.2 Å². The minimum absolute atomic E-state index is 0.0286. The Kier molecular flexibility index (Phi) is 5.44. The number of aryl methyl sites for hydroxylation is 2. The maximum atomic E-state index is 13.7. The molecule has 0 N–H and O–H groups in total. The minimum atomic E-state index is -4.57. The van der Waals surface area contributed by atoms with E-state index in [1.807, 2.05) is 0 Å². The van der Waals surface area contributed by atoms with Gasteiger partial charge in [-0.3, -0.25) is 14.2 Å². The molecule has 0 bridgehead atoms. The first-order valence-electron chi connectivity index (χ1n) is 9.85. The Hall–Kier alpha value is -3.01. The number of amides is 1. The van der Waals surface area contributed by atoms with Crippen LogP contribution >= 0.6 is 11.6 Å². The second-order valence-electron chi connectivity index (χ2n) is 7.61. The first-order valence-corrected chi connectivity index (χ1v) is 10.2. The van der Waals surface area contributed by atoms with Crippen LogP contribution in [-0.4, -0.2) is 44.0 Å². The van der Waals surface area contributed by atoms with Crippen molar-refractivity contribution in [2.45, 2.75) is 25.6 Å². The zero-order valence-corrected chi connectivity index (χ0v) is 18.6. The van der Waals surface area contributed by atoms with Gasteiger partial charge in [0.15, 0.2) is 5.69 Å². The van der Waals surface area contributed by atoms with E-state index in [9.17, 15) is 18.0 Å². The monoisotopic (exact) mass is 467 g/mol. The van der Waals surface area contributed by atoms with Crippen molar-refractivity contribution in [1.82, 2.24) is 24.5 Å². The first kappa shape index (κ1) is 22.2. The molecule has 1 atom stereocenters. The van der Waals surface area contributed by atoms with Crippen LogP contribution in [0.4, 0.5) is 13.2 Å². The van der Waals surface area contributed by atoms with E-state index >= 15 is 0 Å². The number of carbonyl (C=O) groups is 1. The Morgan fingerprint density at radius 1 is 1.25 bits per heavy atom. The number of carbonyl (C=O) groups excluding carboxylic acids is 1. The predicted octanol–water partition coefficient (Wildman–Crippen LogP) is 4.26. The molecule has 1 aliphatic rings. The van der Waals surface area contributed by atoms with E-state index in [0.29, 0.717) is 41.2 Å². The number of hydrogen-bond acceptors (Lipinski definition) is 4. The fraction of sp³-hybridized carbons (Fsp3) is 0.381. The van der Waals surface area contributed by atoms with E-state index in [1.54, 1.807) is 37.1 Å². The number of rotatable bonds is 3. The van der Waals surface area contributed by atoms with Gasteiger partial charge < -0.3 is 9.64 Å². The summed E-state index contributed by atoms with van der Waals surface area (Å²) in [6, 6.07) is 4.50. The van der Waals surface area contributed by atoms with Crippen LogP contribution in [0, 0.1) is 0 Å². The van der Waals surface area contributed by atoms with Gasteiger partial charge in [-0.1, -0.05) is 17.7 Å². The molecule has 32 heavy (non-hydrogen) atoms. The van der Waals surface area contributed by atoms with Crippen LogP contribution in [0.3, 0.4) is 0 Å². The van der Waals surface area contributed by atoms with Crippen molar-refractivity contribution in [3.05, 3.63) is 51.9 Å². The Balaban J connectivity index is 1.74. The van der Waals surface area contributed by atoms with Crippen LogP contribution in [0.1, 0.15) is 40.3 Å². The van der Waals surface area contributed by atoms with Crippen LogP contribution in [0.15, 0.2) is 24.4 Å². The van der Waals surface area contributed by atoms with E-state index in [0.717, 1.165) is 4.68 Å². The second-order valence-corrected chi connectivity index (χ2v) is 7.99. The molecule has 3 heterocycles. The molecule has 170 valence electrons. The van der Waals surface area contributed by atoms with Crippen molar-refractivity contribution in [2.24, 2.45) is 14.1 Å². The molecule has 0 unspecified atom stereocenters. The van der Waals surface area contributed by atoms with Crippen molar-refractivity contribution in [1.29, 1.82) is 0 Å². The molecule has 1 aliphatic heterocycles. The van der Waals surface area contributed by atoms with E-state index in [2.05, 4.69) is 10.2 Å². The van der Waals surface area contributed by atoms with Gasteiger partial charge in [0, 0.05) is 26.2 Å². The molecule has 4 rings (SSSR count). The Morgan fingerprint density at radius 2 is 1.97 bits per heavy atom. The van der Waals surface area contributed by atoms with Gasteiger partial charge in [-0.25, -0.2) is 0 Å². The van der Waals surface area contributed by atoms with Crippen molar-refractivity contribution in [3.8, 4) is 17.0 Å². The molecule has 1 aromatic carbocycles. The third-order valence-electron chi connectivity index (χ3n) is 5.78. The van der Waals surface area contributed by atoms with Gasteiger partial charge in [-0.15, -0.1) is 0 Å². The van der Waals surface area contributed by atoms with Gasteiger partial charge in [0.1, 0.15) is 5.75 Å². The molecule has 11 heteroatoms. The summed E-state index contributed by atoms with van der Waals surface area (Å²) in [5.74, 6) is 0.0934. The summed E-state index contributed by atoms with van der Waals surface area (Å²) < 4.78 is 48.4. The number of nitrogens with zero attached hydrogens (tertiary/aromatic N) is 5. The molecular formula is C21H21ClF3N5O2. The Morgan fingerprint density at radius 3 is 2.62 bits per heavy atom. The fourth-order valence-corrected chi connectivity index (χ4v) is 4.58. The molecular weight excluding hydrogens is 447 g/mol. The minimum Gasteiger partial charge on any atom is -0.495 e. The molecule has 0 saturated heterocycles. The van der Waals surface area contributed by atoms with Gasteiger partial charge in [0.25, 0.3) is 5.91 Å². The number of ether oxygens (including phenoxy) is 1. The largest absolute Gasteiger partial charge is 0.495 e. The number of halogens is 4. The van der Waals surface area contributed by atoms with Gasteiger partial charge >= 0.3 is 6.18 Å². The summed E-state index contributed by atoms with van der Waals surface area (Å²) >= 11 is 6.33. The summed E-state index contributed by atoms with van der Waals surface area (Å²) in [6.07, 6.45) is -3.01. The summed E-state index contributed by atoms with van der Waals surface area (Å²) in [7, 11) is 4.32. The summed E-state index contributed by atoms with van der Waals surface area (Å²) in [5, 5.41) is 8.52. The number of alkyl halides is 3. The smallest absolute Gasteiger partial charge is 0.433 e. The lowest BCUT2D eigenvalue weighted by atomic mass is 9.95. The zero-order valence-electron chi connectivity index (χ0n) is 17.9. The molecule has 0 saturated carbocycles. The van der Waals surface area contributed by atoms with E-state index in [1.165, 1.54) is 25.0 Å². The van der Waals surface area contributed by atoms with Gasteiger partial charge in [-0.2, -0.15) is 23.4 Å². The third-order valence-corrected chi connectivity index (χ3v) is 6.17. The highest BCUT2D eigenvalue weighted by atomic mass is 35.5. The normalized spacial score (nSPS) is 16.2. The van der Waals surface area contributed by atoms with Crippen molar-refractivity contribution >= 4 is 17.5 Å². The number of hydrogen-bond donors (Lipinski definition) is 0. The van der Waals surface area contributed by atoms with Crippen LogP contribution in [0.5, 0.6) is 5.75 Å². The molecule has 7 nitrogen and oxygen atoms in total.